The number of thioether (sulfide) groups is 1. The molecule has 0 radical (unpaired) electrons. The molecule has 1 aromatic heterocycles. The van der Waals surface area contributed by atoms with E-state index in [9.17, 15) is 9.59 Å². The van der Waals surface area contributed by atoms with Crippen LogP contribution in [0.25, 0.3) is 16.6 Å². The number of rotatable bonds is 7. The van der Waals surface area contributed by atoms with Crippen molar-refractivity contribution in [1.82, 2.24) is 9.55 Å². The second-order valence-electron chi connectivity index (χ2n) is 8.17. The maximum atomic E-state index is 13.5. The Kier molecular flexibility index (Phi) is 7.12. The number of aromatic nitrogens is 2. The molecule has 1 atom stereocenters. The summed E-state index contributed by atoms with van der Waals surface area (Å²) >= 11 is 1.23. The van der Waals surface area contributed by atoms with Crippen molar-refractivity contribution in [3.8, 4) is 17.2 Å². The molecular weight excluding hydrogens is 462 g/mol. The molecular formula is C27H27N3O4S. The molecule has 0 aliphatic carbocycles. The van der Waals surface area contributed by atoms with Gasteiger partial charge in [-0.25, -0.2) is 4.98 Å². The molecule has 0 fully saturated rings. The number of carbonyl (C=O) groups excluding carboxylic acids is 1. The van der Waals surface area contributed by atoms with E-state index in [4.69, 9.17) is 14.5 Å². The number of hydrogen-bond donors (Lipinski definition) is 1. The monoisotopic (exact) mass is 489 g/mol. The largest absolute Gasteiger partial charge is 0.497 e. The van der Waals surface area contributed by atoms with Crippen molar-refractivity contribution >= 4 is 34.3 Å². The van der Waals surface area contributed by atoms with Gasteiger partial charge in [0.2, 0.25) is 5.91 Å². The van der Waals surface area contributed by atoms with Crippen LogP contribution in [0.2, 0.25) is 0 Å². The molecule has 35 heavy (non-hydrogen) atoms. The number of hydrogen-bond acceptors (Lipinski definition) is 6. The van der Waals surface area contributed by atoms with Crippen molar-refractivity contribution in [2.45, 2.75) is 31.2 Å². The van der Waals surface area contributed by atoms with Gasteiger partial charge in [-0.15, -0.1) is 0 Å². The normalized spacial score (nSPS) is 11.8. The lowest BCUT2D eigenvalue weighted by atomic mass is 10.1. The first-order valence-electron chi connectivity index (χ1n) is 11.1. The average molecular weight is 490 g/mol. The van der Waals surface area contributed by atoms with E-state index in [-0.39, 0.29) is 11.5 Å². The van der Waals surface area contributed by atoms with Crippen LogP contribution in [-0.4, -0.2) is 34.9 Å². The number of nitrogens with one attached hydrogen (secondary N) is 1. The molecule has 4 aromatic rings. The maximum absolute atomic E-state index is 13.5. The molecule has 0 aliphatic rings. The molecule has 1 N–H and O–H groups in total. The van der Waals surface area contributed by atoms with E-state index in [1.54, 1.807) is 56.0 Å². The highest BCUT2D eigenvalue weighted by molar-refractivity contribution is 8.00. The fraction of sp³-hybridized carbons (Fsp3) is 0.222. The van der Waals surface area contributed by atoms with Crippen LogP contribution in [-0.2, 0) is 4.79 Å². The zero-order valence-corrected chi connectivity index (χ0v) is 21.1. The van der Waals surface area contributed by atoms with Crippen molar-refractivity contribution in [2.24, 2.45) is 0 Å². The summed E-state index contributed by atoms with van der Waals surface area (Å²) in [5.74, 6) is 0.902. The fourth-order valence-electron chi connectivity index (χ4n) is 3.62. The van der Waals surface area contributed by atoms with Gasteiger partial charge in [0.05, 0.1) is 36.1 Å². The number of amides is 1. The lowest BCUT2D eigenvalue weighted by molar-refractivity contribution is -0.115. The molecule has 0 saturated heterocycles. The first kappa shape index (κ1) is 24.3. The lowest BCUT2D eigenvalue weighted by Gasteiger charge is -2.17. The van der Waals surface area contributed by atoms with E-state index in [0.29, 0.717) is 38.9 Å². The van der Waals surface area contributed by atoms with Gasteiger partial charge in [0.25, 0.3) is 5.56 Å². The van der Waals surface area contributed by atoms with Crippen LogP contribution in [0.1, 0.15) is 18.1 Å². The number of methoxy groups -OCH3 is 2. The van der Waals surface area contributed by atoms with Crippen LogP contribution in [0.3, 0.4) is 0 Å². The lowest BCUT2D eigenvalue weighted by Crippen LogP contribution is -2.26. The first-order valence-corrected chi connectivity index (χ1v) is 12.0. The Morgan fingerprint density at radius 2 is 1.66 bits per heavy atom. The highest BCUT2D eigenvalue weighted by atomic mass is 32.2. The molecule has 0 bridgehead atoms. The molecule has 0 saturated carbocycles. The van der Waals surface area contributed by atoms with Crippen LogP contribution >= 0.6 is 11.8 Å². The van der Waals surface area contributed by atoms with Crippen molar-refractivity contribution in [2.75, 3.05) is 19.5 Å². The van der Waals surface area contributed by atoms with E-state index in [0.717, 1.165) is 11.1 Å². The zero-order chi connectivity index (χ0) is 25.1. The van der Waals surface area contributed by atoms with E-state index in [1.807, 2.05) is 44.2 Å². The summed E-state index contributed by atoms with van der Waals surface area (Å²) in [6.07, 6.45) is 0. The van der Waals surface area contributed by atoms with E-state index in [2.05, 4.69) is 5.32 Å². The third kappa shape index (κ3) is 5.17. The Morgan fingerprint density at radius 3 is 2.31 bits per heavy atom. The third-order valence-corrected chi connectivity index (χ3v) is 6.82. The van der Waals surface area contributed by atoms with Gasteiger partial charge in [-0.1, -0.05) is 30.0 Å². The predicted molar refractivity (Wildman–Crippen MR) is 140 cm³/mol. The van der Waals surface area contributed by atoms with Crippen LogP contribution in [0.5, 0.6) is 11.5 Å². The molecule has 8 heteroatoms. The molecule has 180 valence electrons. The van der Waals surface area contributed by atoms with Gasteiger partial charge in [0, 0.05) is 23.9 Å². The Bertz CT molecular complexity index is 1440. The smallest absolute Gasteiger partial charge is 0.266 e. The van der Waals surface area contributed by atoms with E-state index >= 15 is 0 Å². The summed E-state index contributed by atoms with van der Waals surface area (Å²) in [5, 5.41) is 3.33. The average Bonchev–Trinajstić information content (AvgIpc) is 2.85. The molecule has 1 amide bonds. The van der Waals surface area contributed by atoms with E-state index in [1.165, 1.54) is 11.8 Å². The van der Waals surface area contributed by atoms with Crippen molar-refractivity contribution in [3.63, 3.8) is 0 Å². The molecule has 7 nitrogen and oxygen atoms in total. The van der Waals surface area contributed by atoms with Gasteiger partial charge in [-0.05, 0) is 56.2 Å². The van der Waals surface area contributed by atoms with Crippen LogP contribution in [0.15, 0.2) is 70.6 Å². The Morgan fingerprint density at radius 1 is 0.971 bits per heavy atom. The molecule has 3 aromatic carbocycles. The Labute approximate surface area is 208 Å². The minimum Gasteiger partial charge on any atom is -0.497 e. The van der Waals surface area contributed by atoms with Gasteiger partial charge in [-0.3, -0.25) is 14.2 Å². The summed E-state index contributed by atoms with van der Waals surface area (Å²) in [5.41, 5.74) is 3.87. The first-order chi connectivity index (χ1) is 16.8. The predicted octanol–water partition coefficient (Wildman–Crippen LogP) is 5.14. The number of ether oxygens (including phenoxy) is 2. The number of aryl methyl sites for hydroxylation is 2. The Hall–Kier alpha value is -3.78. The van der Waals surface area contributed by atoms with Crippen LogP contribution in [0, 0.1) is 13.8 Å². The van der Waals surface area contributed by atoms with Crippen molar-refractivity contribution in [3.05, 3.63) is 82.1 Å². The van der Waals surface area contributed by atoms with Gasteiger partial charge in [-0.2, -0.15) is 0 Å². The summed E-state index contributed by atoms with van der Waals surface area (Å²) < 4.78 is 12.2. The fourth-order valence-corrected chi connectivity index (χ4v) is 4.55. The molecule has 1 heterocycles. The Balaban J connectivity index is 1.71. The summed E-state index contributed by atoms with van der Waals surface area (Å²) in [6.45, 7) is 5.81. The highest BCUT2D eigenvalue weighted by Gasteiger charge is 2.21. The second-order valence-corrected chi connectivity index (χ2v) is 9.48. The van der Waals surface area contributed by atoms with Crippen LogP contribution in [0.4, 0.5) is 5.69 Å². The maximum Gasteiger partial charge on any atom is 0.266 e. The van der Waals surface area contributed by atoms with Crippen molar-refractivity contribution in [1.29, 1.82) is 0 Å². The second kappa shape index (κ2) is 10.2. The number of fused-ring (bicyclic) bond motifs is 1. The quantitative estimate of drug-likeness (QED) is 0.286. The summed E-state index contributed by atoms with van der Waals surface area (Å²) in [6, 6.07) is 18.2. The molecule has 4 rings (SSSR count). The number of anilines is 1. The number of nitrogens with zero attached hydrogens (tertiary/aromatic N) is 2. The van der Waals surface area contributed by atoms with Gasteiger partial charge in [0.1, 0.15) is 11.5 Å². The number of benzene rings is 3. The highest BCUT2D eigenvalue weighted by Crippen LogP contribution is 2.29. The number of para-hydroxylation sites is 1. The van der Waals surface area contributed by atoms with Gasteiger partial charge < -0.3 is 14.8 Å². The van der Waals surface area contributed by atoms with Crippen molar-refractivity contribution < 1.29 is 14.3 Å². The third-order valence-electron chi connectivity index (χ3n) is 5.76. The van der Waals surface area contributed by atoms with Gasteiger partial charge >= 0.3 is 0 Å². The van der Waals surface area contributed by atoms with E-state index < -0.39 is 5.25 Å². The molecule has 0 aliphatic heterocycles. The van der Waals surface area contributed by atoms with Gasteiger partial charge in [0.15, 0.2) is 5.16 Å². The van der Waals surface area contributed by atoms with Crippen LogP contribution < -0.4 is 20.3 Å². The summed E-state index contributed by atoms with van der Waals surface area (Å²) in [4.78, 5) is 31.3. The topological polar surface area (TPSA) is 82.5 Å². The zero-order valence-electron chi connectivity index (χ0n) is 20.3. The summed E-state index contributed by atoms with van der Waals surface area (Å²) in [7, 11) is 3.10. The minimum atomic E-state index is -0.543. The standard InChI is InChI=1S/C27H27N3O4S/c1-16-10-11-20(12-17(16)2)30-26(32)23-8-6-7-9-24(23)29-27(30)35-18(3)25(31)28-19-13-21(33-4)15-22(14-19)34-5/h6-15,18H,1-5H3,(H,28,31). The number of carbonyl (C=O) groups is 1. The molecule has 0 spiro atoms. The SMILES string of the molecule is COc1cc(NC(=O)C(C)Sc2nc3ccccc3c(=O)n2-c2ccc(C)c(C)c2)cc(OC)c1. The minimum absolute atomic E-state index is 0.175. The molecule has 1 unspecified atom stereocenters.